The number of carbonyl (C=O) groups excluding carboxylic acids is 1. The van der Waals surface area contributed by atoms with Gasteiger partial charge in [0.15, 0.2) is 0 Å². The lowest BCUT2D eigenvalue weighted by Gasteiger charge is -2.10. The fourth-order valence-corrected chi connectivity index (χ4v) is 2.28. The van der Waals surface area contributed by atoms with Gasteiger partial charge in [-0.25, -0.2) is 0 Å². The summed E-state index contributed by atoms with van der Waals surface area (Å²) in [6, 6.07) is 5.35. The summed E-state index contributed by atoms with van der Waals surface area (Å²) in [5.41, 5.74) is 6.49. The lowest BCUT2D eigenvalue weighted by atomic mass is 10.3. The van der Waals surface area contributed by atoms with Crippen molar-refractivity contribution in [3.05, 3.63) is 23.2 Å². The second-order valence-electron chi connectivity index (χ2n) is 3.57. The molecule has 0 fully saturated rings. The Balaban J connectivity index is 2.49. The Morgan fingerprint density at radius 1 is 1.50 bits per heavy atom. The van der Waals surface area contributed by atoms with Gasteiger partial charge in [0.1, 0.15) is 0 Å². The molecular formula is C11H15ClN2OS. The Hall–Kier alpha value is -0.870. The molecule has 0 aliphatic carbocycles. The minimum Gasteiger partial charge on any atom is -0.398 e. The highest BCUT2D eigenvalue weighted by Crippen LogP contribution is 2.28. The van der Waals surface area contributed by atoms with Crippen molar-refractivity contribution in [1.82, 2.24) is 4.90 Å². The summed E-state index contributed by atoms with van der Waals surface area (Å²) in [5.74, 6) is 0.828. The number of nitrogens with two attached hydrogens (primary N) is 1. The van der Waals surface area contributed by atoms with Crippen molar-refractivity contribution in [2.24, 2.45) is 0 Å². The monoisotopic (exact) mass is 258 g/mol. The standard InChI is InChI=1S/C11H15ClN2OS/c1-14(2)11(15)5-6-16-10-7-8(12)3-4-9(10)13/h3-4,7H,5-6,13H2,1-2H3. The molecule has 1 aromatic rings. The number of thioether (sulfide) groups is 1. The molecule has 88 valence electrons. The first-order chi connectivity index (χ1) is 7.50. The summed E-state index contributed by atoms with van der Waals surface area (Å²) in [5, 5.41) is 0.663. The summed E-state index contributed by atoms with van der Waals surface area (Å²) in [7, 11) is 3.50. The van der Waals surface area contributed by atoms with Crippen LogP contribution in [-0.2, 0) is 4.79 Å². The fraction of sp³-hybridized carbons (Fsp3) is 0.364. The van der Waals surface area contributed by atoms with Gasteiger partial charge in [-0.15, -0.1) is 11.8 Å². The van der Waals surface area contributed by atoms with Crippen LogP contribution in [-0.4, -0.2) is 30.7 Å². The molecule has 2 N–H and O–H groups in total. The van der Waals surface area contributed by atoms with Gasteiger partial charge in [0, 0.05) is 41.9 Å². The zero-order valence-electron chi connectivity index (χ0n) is 9.37. The maximum absolute atomic E-state index is 11.3. The molecule has 16 heavy (non-hydrogen) atoms. The largest absolute Gasteiger partial charge is 0.398 e. The second-order valence-corrected chi connectivity index (χ2v) is 5.14. The molecule has 0 unspecified atom stereocenters. The molecule has 0 atom stereocenters. The number of hydrogen-bond acceptors (Lipinski definition) is 3. The highest BCUT2D eigenvalue weighted by Gasteiger charge is 2.05. The highest BCUT2D eigenvalue weighted by atomic mass is 35.5. The van der Waals surface area contributed by atoms with Gasteiger partial charge in [-0.1, -0.05) is 11.6 Å². The molecule has 0 heterocycles. The first-order valence-electron chi connectivity index (χ1n) is 4.88. The van der Waals surface area contributed by atoms with Gasteiger partial charge in [0.25, 0.3) is 0 Å². The van der Waals surface area contributed by atoms with E-state index in [2.05, 4.69) is 0 Å². The van der Waals surface area contributed by atoms with Gasteiger partial charge in [-0.05, 0) is 18.2 Å². The quantitative estimate of drug-likeness (QED) is 0.667. The van der Waals surface area contributed by atoms with Crippen molar-refractivity contribution in [2.75, 3.05) is 25.6 Å². The molecule has 0 saturated heterocycles. The molecule has 1 aromatic carbocycles. The van der Waals surface area contributed by atoms with E-state index in [1.54, 1.807) is 42.9 Å². The SMILES string of the molecule is CN(C)C(=O)CCSc1cc(Cl)ccc1N. The van der Waals surface area contributed by atoms with Crippen molar-refractivity contribution in [1.29, 1.82) is 0 Å². The van der Waals surface area contributed by atoms with E-state index in [4.69, 9.17) is 17.3 Å². The number of carbonyl (C=O) groups is 1. The predicted octanol–water partition coefficient (Wildman–Crippen LogP) is 2.49. The van der Waals surface area contributed by atoms with Crippen molar-refractivity contribution in [3.8, 4) is 0 Å². The minimum atomic E-state index is 0.119. The van der Waals surface area contributed by atoms with Crippen molar-refractivity contribution >= 4 is 35.0 Å². The van der Waals surface area contributed by atoms with Crippen LogP contribution in [0.5, 0.6) is 0 Å². The first kappa shape index (κ1) is 13.2. The van der Waals surface area contributed by atoms with E-state index in [0.29, 0.717) is 22.9 Å². The molecular weight excluding hydrogens is 244 g/mol. The van der Waals surface area contributed by atoms with E-state index in [1.807, 2.05) is 6.07 Å². The Morgan fingerprint density at radius 3 is 2.81 bits per heavy atom. The summed E-state index contributed by atoms with van der Waals surface area (Å²) in [4.78, 5) is 13.9. The molecule has 0 aromatic heterocycles. The minimum absolute atomic E-state index is 0.119. The van der Waals surface area contributed by atoms with Crippen molar-refractivity contribution < 1.29 is 4.79 Å². The van der Waals surface area contributed by atoms with Gasteiger partial charge in [-0.2, -0.15) is 0 Å². The van der Waals surface area contributed by atoms with E-state index in [9.17, 15) is 4.79 Å². The van der Waals surface area contributed by atoms with E-state index in [1.165, 1.54) is 0 Å². The van der Waals surface area contributed by atoms with Crippen LogP contribution in [0.3, 0.4) is 0 Å². The third-order valence-corrected chi connectivity index (χ3v) is 3.36. The molecule has 1 amide bonds. The molecule has 1 rings (SSSR count). The summed E-state index contributed by atoms with van der Waals surface area (Å²) in [6.45, 7) is 0. The van der Waals surface area contributed by atoms with Crippen LogP contribution in [0.25, 0.3) is 0 Å². The summed E-state index contributed by atoms with van der Waals surface area (Å²) < 4.78 is 0. The molecule has 3 nitrogen and oxygen atoms in total. The van der Waals surface area contributed by atoms with Crippen LogP contribution in [0.2, 0.25) is 5.02 Å². The van der Waals surface area contributed by atoms with Gasteiger partial charge < -0.3 is 10.6 Å². The van der Waals surface area contributed by atoms with Crippen molar-refractivity contribution in [3.63, 3.8) is 0 Å². The van der Waals surface area contributed by atoms with Gasteiger partial charge in [0.05, 0.1) is 0 Å². The Kier molecular flexibility index (Phi) is 4.96. The zero-order valence-corrected chi connectivity index (χ0v) is 10.9. The van der Waals surface area contributed by atoms with Crippen LogP contribution in [0, 0.1) is 0 Å². The number of halogens is 1. The van der Waals surface area contributed by atoms with Crippen LogP contribution >= 0.6 is 23.4 Å². The average molecular weight is 259 g/mol. The predicted molar refractivity (Wildman–Crippen MR) is 69.9 cm³/mol. The second kappa shape index (κ2) is 6.01. The third kappa shape index (κ3) is 3.94. The van der Waals surface area contributed by atoms with Crippen LogP contribution in [0.1, 0.15) is 6.42 Å². The van der Waals surface area contributed by atoms with Gasteiger partial charge in [0.2, 0.25) is 5.91 Å². The zero-order chi connectivity index (χ0) is 12.1. The van der Waals surface area contributed by atoms with E-state index in [0.717, 1.165) is 4.90 Å². The van der Waals surface area contributed by atoms with E-state index in [-0.39, 0.29) is 5.91 Å². The fourth-order valence-electron chi connectivity index (χ4n) is 1.11. The number of nitrogens with zero attached hydrogens (tertiary/aromatic N) is 1. The Morgan fingerprint density at radius 2 is 2.19 bits per heavy atom. The van der Waals surface area contributed by atoms with E-state index < -0.39 is 0 Å². The molecule has 0 aliphatic rings. The number of hydrogen-bond donors (Lipinski definition) is 1. The number of anilines is 1. The summed E-state index contributed by atoms with van der Waals surface area (Å²) in [6.07, 6.45) is 0.504. The highest BCUT2D eigenvalue weighted by molar-refractivity contribution is 7.99. The maximum atomic E-state index is 11.3. The van der Waals surface area contributed by atoms with E-state index >= 15 is 0 Å². The summed E-state index contributed by atoms with van der Waals surface area (Å²) >= 11 is 7.41. The molecule has 0 radical (unpaired) electrons. The average Bonchev–Trinajstić information content (AvgIpc) is 2.22. The smallest absolute Gasteiger partial charge is 0.222 e. The number of nitrogen functional groups attached to an aromatic ring is 1. The topological polar surface area (TPSA) is 46.3 Å². The molecule has 0 saturated carbocycles. The Bertz CT molecular complexity index is 382. The lowest BCUT2D eigenvalue weighted by Crippen LogP contribution is -2.21. The Labute approximate surface area is 105 Å². The number of rotatable bonds is 4. The maximum Gasteiger partial charge on any atom is 0.222 e. The van der Waals surface area contributed by atoms with Crippen LogP contribution < -0.4 is 5.73 Å². The van der Waals surface area contributed by atoms with Crippen LogP contribution in [0.15, 0.2) is 23.1 Å². The van der Waals surface area contributed by atoms with Gasteiger partial charge >= 0.3 is 0 Å². The van der Waals surface area contributed by atoms with Gasteiger partial charge in [-0.3, -0.25) is 4.79 Å². The lowest BCUT2D eigenvalue weighted by molar-refractivity contribution is -0.128. The van der Waals surface area contributed by atoms with Crippen LogP contribution in [0.4, 0.5) is 5.69 Å². The number of amides is 1. The number of benzene rings is 1. The third-order valence-electron chi connectivity index (χ3n) is 2.05. The first-order valence-corrected chi connectivity index (χ1v) is 6.25. The normalized spacial score (nSPS) is 10.2. The molecule has 0 spiro atoms. The molecule has 0 aliphatic heterocycles. The van der Waals surface area contributed by atoms with Crippen molar-refractivity contribution in [2.45, 2.75) is 11.3 Å². The molecule has 5 heteroatoms. The molecule has 0 bridgehead atoms.